The highest BCUT2D eigenvalue weighted by atomic mass is 32.2. The molecule has 4 rings (SSSR count). The number of rotatable bonds is 8. The van der Waals surface area contributed by atoms with Crippen LogP contribution in [0.2, 0.25) is 0 Å². The number of imide groups is 1. The van der Waals surface area contributed by atoms with Gasteiger partial charge in [0, 0.05) is 0 Å². The Bertz CT molecular complexity index is 1230. The molecule has 0 saturated carbocycles. The van der Waals surface area contributed by atoms with Crippen molar-refractivity contribution in [2.75, 3.05) is 6.61 Å². The molecule has 3 aromatic carbocycles. The largest absolute Gasteiger partial charge is 0.490 e. The van der Waals surface area contributed by atoms with Gasteiger partial charge in [0.25, 0.3) is 11.1 Å². The lowest BCUT2D eigenvalue weighted by atomic mass is 10.1. The molecule has 0 N–H and O–H groups in total. The molecule has 1 fully saturated rings. The van der Waals surface area contributed by atoms with Gasteiger partial charge in [0.1, 0.15) is 18.2 Å². The maximum Gasteiger partial charge on any atom is 0.293 e. The second-order valence-electron chi connectivity index (χ2n) is 7.45. The summed E-state index contributed by atoms with van der Waals surface area (Å²) < 4.78 is 37.8. The van der Waals surface area contributed by atoms with Crippen LogP contribution in [0.3, 0.4) is 0 Å². The molecule has 5 nitrogen and oxygen atoms in total. The number of carbonyl (C=O) groups excluding carboxylic acids is 2. The van der Waals surface area contributed by atoms with Gasteiger partial charge in [0.2, 0.25) is 0 Å². The topological polar surface area (TPSA) is 55.8 Å². The van der Waals surface area contributed by atoms with Crippen LogP contribution >= 0.6 is 11.8 Å². The first kappa shape index (κ1) is 23.5. The van der Waals surface area contributed by atoms with Gasteiger partial charge in [0.05, 0.1) is 18.1 Å². The summed E-state index contributed by atoms with van der Waals surface area (Å²) in [5.74, 6) is -0.108. The van der Waals surface area contributed by atoms with Crippen LogP contribution in [-0.4, -0.2) is 22.7 Å². The molecule has 1 aliphatic rings. The minimum Gasteiger partial charge on any atom is -0.490 e. The van der Waals surface area contributed by atoms with E-state index in [0.717, 1.165) is 22.2 Å². The van der Waals surface area contributed by atoms with E-state index in [0.29, 0.717) is 29.2 Å². The molecule has 1 saturated heterocycles. The molecule has 0 radical (unpaired) electrons. The van der Waals surface area contributed by atoms with E-state index in [9.17, 15) is 18.4 Å². The third kappa shape index (κ3) is 5.63. The monoisotopic (exact) mass is 481 g/mol. The summed E-state index contributed by atoms with van der Waals surface area (Å²) in [4.78, 5) is 26.6. The Labute approximate surface area is 200 Å². The summed E-state index contributed by atoms with van der Waals surface area (Å²) >= 11 is 0.853. The zero-order valence-corrected chi connectivity index (χ0v) is 19.1. The average molecular weight is 482 g/mol. The molecule has 1 heterocycles. The zero-order valence-electron chi connectivity index (χ0n) is 18.3. The van der Waals surface area contributed by atoms with E-state index < -0.39 is 5.91 Å². The fourth-order valence-electron chi connectivity index (χ4n) is 3.30. The Kier molecular flexibility index (Phi) is 7.27. The molecule has 0 spiro atoms. The maximum absolute atomic E-state index is 13.1. The average Bonchev–Trinajstić information content (AvgIpc) is 3.08. The Hall–Kier alpha value is -3.65. The van der Waals surface area contributed by atoms with Crippen LogP contribution in [0.4, 0.5) is 13.6 Å². The van der Waals surface area contributed by atoms with Crippen molar-refractivity contribution in [2.45, 2.75) is 20.1 Å². The number of nitrogens with zero attached hydrogens (tertiary/aromatic N) is 1. The van der Waals surface area contributed by atoms with Gasteiger partial charge < -0.3 is 9.47 Å². The van der Waals surface area contributed by atoms with Gasteiger partial charge >= 0.3 is 0 Å². The summed E-state index contributed by atoms with van der Waals surface area (Å²) in [5, 5.41) is -0.384. The van der Waals surface area contributed by atoms with Crippen molar-refractivity contribution in [2.24, 2.45) is 0 Å². The highest BCUT2D eigenvalue weighted by Gasteiger charge is 2.35. The van der Waals surface area contributed by atoms with Crippen LogP contribution in [0, 0.1) is 11.6 Å². The summed E-state index contributed by atoms with van der Waals surface area (Å²) in [6, 6.07) is 16.9. The number of benzene rings is 3. The third-order valence-electron chi connectivity index (χ3n) is 5.00. The summed E-state index contributed by atoms with van der Waals surface area (Å²) in [6.45, 7) is 2.56. The normalized spacial score (nSPS) is 14.7. The lowest BCUT2D eigenvalue weighted by Crippen LogP contribution is -2.27. The van der Waals surface area contributed by atoms with E-state index in [4.69, 9.17) is 9.47 Å². The van der Waals surface area contributed by atoms with Gasteiger partial charge in [-0.05, 0) is 77.9 Å². The Morgan fingerprint density at radius 3 is 2.15 bits per heavy atom. The van der Waals surface area contributed by atoms with Crippen LogP contribution in [-0.2, 0) is 17.9 Å². The number of amides is 2. The fraction of sp³-hybridized carbons (Fsp3) is 0.154. The third-order valence-corrected chi connectivity index (χ3v) is 5.91. The molecule has 0 unspecified atom stereocenters. The first-order valence-electron chi connectivity index (χ1n) is 10.6. The Balaban J connectivity index is 1.49. The second kappa shape index (κ2) is 10.5. The summed E-state index contributed by atoms with van der Waals surface area (Å²) in [6.07, 6.45) is 1.63. The second-order valence-corrected chi connectivity index (χ2v) is 8.44. The SMILES string of the molecule is CCOc1cc(/C=C2/SC(=O)N(Cc3ccc(F)cc3)C2=O)ccc1OCc1ccc(F)cc1. The fourth-order valence-corrected chi connectivity index (χ4v) is 4.14. The van der Waals surface area contributed by atoms with Gasteiger partial charge in [-0.25, -0.2) is 8.78 Å². The molecule has 2 amide bonds. The van der Waals surface area contributed by atoms with Crippen LogP contribution in [0.1, 0.15) is 23.6 Å². The van der Waals surface area contributed by atoms with Crippen LogP contribution in [0.25, 0.3) is 6.08 Å². The Morgan fingerprint density at radius 1 is 0.853 bits per heavy atom. The van der Waals surface area contributed by atoms with E-state index in [1.807, 2.05) is 6.92 Å². The minimum absolute atomic E-state index is 0.0721. The molecule has 0 aliphatic carbocycles. The Morgan fingerprint density at radius 2 is 1.50 bits per heavy atom. The van der Waals surface area contributed by atoms with Crippen molar-refractivity contribution in [1.82, 2.24) is 4.90 Å². The highest BCUT2D eigenvalue weighted by molar-refractivity contribution is 8.18. The van der Waals surface area contributed by atoms with Gasteiger partial charge in [-0.2, -0.15) is 0 Å². The molecule has 8 heteroatoms. The summed E-state index contributed by atoms with van der Waals surface area (Å²) in [5.41, 5.74) is 2.14. The number of halogens is 2. The number of thioether (sulfide) groups is 1. The number of hydrogen-bond acceptors (Lipinski definition) is 5. The van der Waals surface area contributed by atoms with Crippen molar-refractivity contribution < 1.29 is 27.8 Å². The lowest BCUT2D eigenvalue weighted by Gasteiger charge is -2.13. The number of ether oxygens (including phenoxy) is 2. The molecular weight excluding hydrogens is 460 g/mol. The summed E-state index contributed by atoms with van der Waals surface area (Å²) in [7, 11) is 0. The van der Waals surface area contributed by atoms with Crippen molar-refractivity contribution in [1.29, 1.82) is 0 Å². The van der Waals surface area contributed by atoms with Gasteiger partial charge in [0.15, 0.2) is 11.5 Å². The van der Waals surface area contributed by atoms with Crippen LogP contribution < -0.4 is 9.47 Å². The van der Waals surface area contributed by atoms with E-state index in [2.05, 4.69) is 0 Å². The quantitative estimate of drug-likeness (QED) is 0.360. The van der Waals surface area contributed by atoms with Gasteiger partial charge in [-0.1, -0.05) is 30.3 Å². The molecular formula is C26H21F2NO4S. The molecule has 34 heavy (non-hydrogen) atoms. The smallest absolute Gasteiger partial charge is 0.293 e. The predicted octanol–water partition coefficient (Wildman–Crippen LogP) is 6.18. The molecule has 3 aromatic rings. The van der Waals surface area contributed by atoms with E-state index >= 15 is 0 Å². The number of carbonyl (C=O) groups is 2. The van der Waals surface area contributed by atoms with Crippen LogP contribution in [0.15, 0.2) is 71.6 Å². The predicted molar refractivity (Wildman–Crippen MR) is 126 cm³/mol. The molecule has 0 atom stereocenters. The standard InChI is InChI=1S/C26H21F2NO4S/c1-2-32-23-13-19(7-12-22(23)33-16-18-5-10-21(28)11-6-18)14-24-25(30)29(26(31)34-24)15-17-3-8-20(27)9-4-17/h3-14H,2,15-16H2,1H3/b24-14+. The molecule has 0 bridgehead atoms. The van der Waals surface area contributed by atoms with Gasteiger partial charge in [-0.3, -0.25) is 14.5 Å². The number of hydrogen-bond donors (Lipinski definition) is 0. The molecule has 174 valence electrons. The first-order chi connectivity index (χ1) is 16.4. The zero-order chi connectivity index (χ0) is 24.1. The van der Waals surface area contributed by atoms with Crippen molar-refractivity contribution in [3.05, 3.63) is 100.0 Å². The van der Waals surface area contributed by atoms with E-state index in [1.165, 1.54) is 24.3 Å². The highest BCUT2D eigenvalue weighted by Crippen LogP contribution is 2.35. The van der Waals surface area contributed by atoms with Crippen LogP contribution in [0.5, 0.6) is 11.5 Å². The molecule has 0 aromatic heterocycles. The van der Waals surface area contributed by atoms with E-state index in [1.54, 1.807) is 48.5 Å². The van der Waals surface area contributed by atoms with Crippen molar-refractivity contribution in [3.63, 3.8) is 0 Å². The van der Waals surface area contributed by atoms with E-state index in [-0.39, 0.29) is 34.9 Å². The van der Waals surface area contributed by atoms with Crippen molar-refractivity contribution >= 4 is 29.0 Å². The van der Waals surface area contributed by atoms with Crippen molar-refractivity contribution in [3.8, 4) is 11.5 Å². The lowest BCUT2D eigenvalue weighted by molar-refractivity contribution is -0.123. The maximum atomic E-state index is 13.1. The molecule has 1 aliphatic heterocycles. The first-order valence-corrected chi connectivity index (χ1v) is 11.4. The van der Waals surface area contributed by atoms with Gasteiger partial charge in [-0.15, -0.1) is 0 Å². The minimum atomic E-state index is -0.408.